The van der Waals surface area contributed by atoms with E-state index in [0.717, 1.165) is 38.3 Å². The van der Waals surface area contributed by atoms with Gasteiger partial charge in [-0.25, -0.2) is 4.99 Å². The summed E-state index contributed by atoms with van der Waals surface area (Å²) in [5, 5.41) is 5.78. The maximum absolute atomic E-state index is 13.5. The lowest BCUT2D eigenvalue weighted by Gasteiger charge is -2.32. The number of rotatable bonds is 10. The van der Waals surface area contributed by atoms with Crippen LogP contribution >= 0.6 is 0 Å². The molecule has 0 spiro atoms. The molecule has 0 saturated carbocycles. The van der Waals surface area contributed by atoms with Gasteiger partial charge in [-0.05, 0) is 74.5 Å². The van der Waals surface area contributed by atoms with E-state index in [0.29, 0.717) is 47.8 Å². The molecule has 1 unspecified atom stereocenters. The minimum Gasteiger partial charge on any atom is -0.457 e. The van der Waals surface area contributed by atoms with Gasteiger partial charge in [0.05, 0.1) is 11.3 Å². The highest BCUT2D eigenvalue weighted by atomic mass is 19.4. The van der Waals surface area contributed by atoms with Crippen LogP contribution in [-0.2, 0) is 22.3 Å². The van der Waals surface area contributed by atoms with Crippen molar-refractivity contribution in [2.24, 2.45) is 10.7 Å². The fourth-order valence-corrected chi connectivity index (χ4v) is 4.69. The Labute approximate surface area is 242 Å². The molecule has 2 aromatic rings. The number of halogens is 3. The van der Waals surface area contributed by atoms with E-state index < -0.39 is 23.7 Å². The maximum Gasteiger partial charge on any atom is 0.416 e. The summed E-state index contributed by atoms with van der Waals surface area (Å²) < 4.78 is 46.4. The van der Waals surface area contributed by atoms with Crippen molar-refractivity contribution in [2.45, 2.75) is 32.1 Å². The Morgan fingerprint density at radius 3 is 2.48 bits per heavy atom. The summed E-state index contributed by atoms with van der Waals surface area (Å²) in [6.45, 7) is 9.72. The SMILES string of the molecule is C=C(/N=C(\C=C(/C)NC1CCNC1=O)C(N)=O)c1ccc(Oc2ccc(C(F)(F)F)cc2CN2CCN(C)CC2)cc1. The first kappa shape index (κ1) is 30.8. The van der Waals surface area contributed by atoms with Gasteiger partial charge in [0.2, 0.25) is 5.91 Å². The Balaban J connectivity index is 1.49. The number of ether oxygens (including phenoxy) is 1. The molecule has 0 aromatic heterocycles. The van der Waals surface area contributed by atoms with Crippen molar-refractivity contribution < 1.29 is 27.5 Å². The number of hydrogen-bond acceptors (Lipinski definition) is 7. The summed E-state index contributed by atoms with van der Waals surface area (Å²) in [5.74, 6) is -0.121. The number of carbonyl (C=O) groups excluding carboxylic acids is 2. The molecule has 2 aliphatic rings. The number of allylic oxidation sites excluding steroid dienone is 1. The largest absolute Gasteiger partial charge is 0.457 e. The predicted octanol–water partition coefficient (Wildman–Crippen LogP) is 3.52. The van der Waals surface area contributed by atoms with E-state index in [2.05, 4.69) is 32.0 Å². The van der Waals surface area contributed by atoms with Gasteiger partial charge in [-0.1, -0.05) is 6.58 Å². The number of hydrogen-bond donors (Lipinski definition) is 3. The lowest BCUT2D eigenvalue weighted by Crippen LogP contribution is -2.43. The third-order valence-corrected chi connectivity index (χ3v) is 7.10. The van der Waals surface area contributed by atoms with Crippen molar-refractivity contribution >= 4 is 23.2 Å². The minimum atomic E-state index is -4.46. The average molecular weight is 585 g/mol. The molecule has 2 fully saturated rings. The number of aliphatic imine (C=N–C) groups is 1. The number of amides is 2. The van der Waals surface area contributed by atoms with E-state index in [-0.39, 0.29) is 17.3 Å². The van der Waals surface area contributed by atoms with Gasteiger partial charge >= 0.3 is 6.18 Å². The number of primary amides is 1. The molecule has 2 heterocycles. The minimum absolute atomic E-state index is 0.0398. The number of carbonyl (C=O) groups is 2. The third-order valence-electron chi connectivity index (χ3n) is 7.10. The molecule has 9 nitrogen and oxygen atoms in total. The Kier molecular flexibility index (Phi) is 9.69. The van der Waals surface area contributed by atoms with Crippen LogP contribution in [0.2, 0.25) is 0 Å². The number of likely N-dealkylation sites (N-methyl/N-ethyl adjacent to an activating group) is 1. The van der Waals surface area contributed by atoms with Crippen molar-refractivity contribution in [2.75, 3.05) is 39.8 Å². The van der Waals surface area contributed by atoms with Gasteiger partial charge < -0.3 is 26.0 Å². The molecule has 42 heavy (non-hydrogen) atoms. The highest BCUT2D eigenvalue weighted by molar-refractivity contribution is 6.43. The summed E-state index contributed by atoms with van der Waals surface area (Å²) >= 11 is 0. The number of nitrogens with one attached hydrogen (secondary N) is 2. The molecule has 0 aliphatic carbocycles. The van der Waals surface area contributed by atoms with E-state index >= 15 is 0 Å². The van der Waals surface area contributed by atoms with E-state index in [1.165, 1.54) is 12.1 Å². The second-order valence-electron chi connectivity index (χ2n) is 10.4. The average Bonchev–Trinajstić information content (AvgIpc) is 3.34. The number of benzene rings is 2. The van der Waals surface area contributed by atoms with E-state index in [4.69, 9.17) is 10.5 Å². The second kappa shape index (κ2) is 13.2. The predicted molar refractivity (Wildman–Crippen MR) is 155 cm³/mol. The summed E-state index contributed by atoms with van der Waals surface area (Å²) in [5.41, 5.74) is 6.61. The first-order valence-corrected chi connectivity index (χ1v) is 13.6. The van der Waals surface area contributed by atoms with Gasteiger partial charge in [-0.15, -0.1) is 0 Å². The maximum atomic E-state index is 13.5. The second-order valence-corrected chi connectivity index (χ2v) is 10.4. The highest BCUT2D eigenvalue weighted by Crippen LogP contribution is 2.35. The van der Waals surface area contributed by atoms with Gasteiger partial charge in [0.1, 0.15) is 23.3 Å². The van der Waals surface area contributed by atoms with Crippen LogP contribution in [0.4, 0.5) is 13.2 Å². The summed E-state index contributed by atoms with van der Waals surface area (Å²) in [6, 6.07) is 9.79. The molecule has 2 saturated heterocycles. The molecule has 12 heteroatoms. The first-order valence-electron chi connectivity index (χ1n) is 13.6. The van der Waals surface area contributed by atoms with Crippen LogP contribution in [0, 0.1) is 0 Å². The molecule has 2 amide bonds. The van der Waals surface area contributed by atoms with E-state index in [1.54, 1.807) is 31.2 Å². The van der Waals surface area contributed by atoms with Crippen LogP contribution in [0.15, 0.2) is 65.8 Å². The van der Waals surface area contributed by atoms with Crippen LogP contribution < -0.4 is 21.1 Å². The van der Waals surface area contributed by atoms with Crippen LogP contribution in [-0.4, -0.2) is 73.1 Å². The Hall–Kier alpha value is -4.16. The molecule has 1 atom stereocenters. The van der Waals surface area contributed by atoms with E-state index in [1.807, 2.05) is 7.05 Å². The number of nitrogens with two attached hydrogens (primary N) is 1. The number of alkyl halides is 3. The van der Waals surface area contributed by atoms with Gasteiger partial charge in [0.25, 0.3) is 5.91 Å². The lowest BCUT2D eigenvalue weighted by molar-refractivity contribution is -0.137. The summed E-state index contributed by atoms with van der Waals surface area (Å²) in [6.07, 6.45) is -2.38. The molecule has 2 aromatic carbocycles. The van der Waals surface area contributed by atoms with E-state index in [9.17, 15) is 22.8 Å². The zero-order valence-electron chi connectivity index (χ0n) is 23.6. The lowest BCUT2D eigenvalue weighted by atomic mass is 10.1. The van der Waals surface area contributed by atoms with Crippen LogP contribution in [0.3, 0.4) is 0 Å². The molecule has 0 bridgehead atoms. The summed E-state index contributed by atoms with van der Waals surface area (Å²) in [4.78, 5) is 32.4. The Morgan fingerprint density at radius 2 is 1.88 bits per heavy atom. The highest BCUT2D eigenvalue weighted by Gasteiger charge is 2.31. The first-order chi connectivity index (χ1) is 19.9. The smallest absolute Gasteiger partial charge is 0.416 e. The Bertz CT molecular complexity index is 1380. The van der Waals surface area contributed by atoms with Crippen LogP contribution in [0.25, 0.3) is 5.70 Å². The van der Waals surface area contributed by atoms with Gasteiger partial charge in [0, 0.05) is 50.5 Å². The molecule has 2 aliphatic heterocycles. The fraction of sp³-hybridized carbons (Fsp3) is 0.367. The van der Waals surface area contributed by atoms with Gasteiger partial charge in [0.15, 0.2) is 0 Å². The fourth-order valence-electron chi connectivity index (χ4n) is 4.69. The summed E-state index contributed by atoms with van der Waals surface area (Å²) in [7, 11) is 2.02. The zero-order valence-corrected chi connectivity index (χ0v) is 23.6. The monoisotopic (exact) mass is 584 g/mol. The van der Waals surface area contributed by atoms with Crippen molar-refractivity contribution in [3.05, 3.63) is 77.5 Å². The molecule has 0 radical (unpaired) electrons. The molecule has 4 rings (SSSR count). The molecular weight excluding hydrogens is 549 g/mol. The van der Waals surface area contributed by atoms with Crippen LogP contribution in [0.5, 0.6) is 11.5 Å². The molecule has 224 valence electrons. The standard InChI is InChI=1S/C30H35F3N6O3/c1-19(36-25-10-11-35-29(25)41)16-26(28(34)40)37-20(2)21-4-7-24(8-5-21)42-27-9-6-23(30(31,32)33)17-22(27)18-39-14-12-38(3)13-15-39/h4-9,16-17,25,36H,2,10-15,18H2,1,3H3,(H2,34,40)(H,35,41)/b19-16+,37-26+. The Morgan fingerprint density at radius 1 is 1.19 bits per heavy atom. The van der Waals surface area contributed by atoms with Crippen molar-refractivity contribution in [1.29, 1.82) is 0 Å². The number of nitrogens with zero attached hydrogens (tertiary/aromatic N) is 3. The molecular formula is C30H35F3N6O3. The van der Waals surface area contributed by atoms with Gasteiger partial charge in [-0.3, -0.25) is 14.5 Å². The van der Waals surface area contributed by atoms with Crippen molar-refractivity contribution in [3.63, 3.8) is 0 Å². The van der Waals surface area contributed by atoms with Crippen molar-refractivity contribution in [3.8, 4) is 11.5 Å². The topological polar surface area (TPSA) is 112 Å². The quantitative estimate of drug-likeness (QED) is 0.369. The van der Waals surface area contributed by atoms with Gasteiger partial charge in [-0.2, -0.15) is 13.2 Å². The molecule has 4 N–H and O–H groups in total. The van der Waals surface area contributed by atoms with Crippen LogP contribution in [0.1, 0.15) is 30.0 Å². The number of piperazine rings is 1. The zero-order chi connectivity index (χ0) is 30.4. The third kappa shape index (κ3) is 8.20. The normalized spacial score (nSPS) is 19.0. The van der Waals surface area contributed by atoms with Crippen molar-refractivity contribution in [1.82, 2.24) is 20.4 Å².